The van der Waals surface area contributed by atoms with Crippen LogP contribution in [0.2, 0.25) is 0 Å². The predicted octanol–water partition coefficient (Wildman–Crippen LogP) is 4.11. The molecule has 0 bridgehead atoms. The normalized spacial score (nSPS) is 11.0. The summed E-state index contributed by atoms with van der Waals surface area (Å²) in [6, 6.07) is 22.3. The number of sulfonamides is 1. The maximum atomic E-state index is 12.5. The summed E-state index contributed by atoms with van der Waals surface area (Å²) in [5.41, 5.74) is 2.86. The molecule has 3 rings (SSSR count). The monoisotopic (exact) mass is 422 g/mol. The van der Waals surface area contributed by atoms with Crippen LogP contribution in [0.3, 0.4) is 0 Å². The van der Waals surface area contributed by atoms with E-state index in [1.165, 1.54) is 11.2 Å². The fraction of sp³-hybridized carbons (Fsp3) is 0.130. The molecule has 3 aromatic carbocycles. The van der Waals surface area contributed by atoms with Crippen LogP contribution in [0.25, 0.3) is 0 Å². The van der Waals surface area contributed by atoms with Crippen molar-refractivity contribution in [2.75, 3.05) is 15.9 Å². The van der Waals surface area contributed by atoms with Gasteiger partial charge in [0.2, 0.25) is 10.0 Å². The van der Waals surface area contributed by atoms with Gasteiger partial charge < -0.3 is 5.32 Å². The van der Waals surface area contributed by atoms with Gasteiger partial charge in [0.25, 0.3) is 5.91 Å². The second-order valence-electron chi connectivity index (χ2n) is 6.89. The van der Waals surface area contributed by atoms with Crippen molar-refractivity contribution < 1.29 is 18.0 Å². The minimum Gasteiger partial charge on any atom is -0.322 e. The number of carbonyl (C=O) groups excluding carboxylic acids is 2. The van der Waals surface area contributed by atoms with Crippen LogP contribution in [0.5, 0.6) is 0 Å². The van der Waals surface area contributed by atoms with E-state index < -0.39 is 10.0 Å². The highest BCUT2D eigenvalue weighted by molar-refractivity contribution is 7.92. The highest BCUT2D eigenvalue weighted by Crippen LogP contribution is 2.22. The van der Waals surface area contributed by atoms with Crippen molar-refractivity contribution in [3.8, 4) is 0 Å². The lowest BCUT2D eigenvalue weighted by Gasteiger charge is -2.22. The maximum absolute atomic E-state index is 12.5. The minimum absolute atomic E-state index is 0.0469. The van der Waals surface area contributed by atoms with Gasteiger partial charge >= 0.3 is 0 Å². The van der Waals surface area contributed by atoms with E-state index in [9.17, 15) is 18.0 Å². The van der Waals surface area contributed by atoms with Crippen molar-refractivity contribution in [3.63, 3.8) is 0 Å². The number of benzene rings is 3. The van der Waals surface area contributed by atoms with Crippen LogP contribution in [0.4, 0.5) is 11.4 Å². The molecular weight excluding hydrogens is 400 g/mol. The van der Waals surface area contributed by atoms with E-state index in [1.54, 1.807) is 48.5 Å². The molecule has 154 valence electrons. The molecule has 0 aromatic heterocycles. The third-order valence-electron chi connectivity index (χ3n) is 4.54. The lowest BCUT2D eigenvalue weighted by molar-refractivity contribution is 0.101. The summed E-state index contributed by atoms with van der Waals surface area (Å²) >= 11 is 0. The van der Waals surface area contributed by atoms with Crippen molar-refractivity contribution in [2.45, 2.75) is 13.5 Å². The first-order valence-electron chi connectivity index (χ1n) is 9.28. The fourth-order valence-electron chi connectivity index (χ4n) is 2.92. The predicted molar refractivity (Wildman–Crippen MR) is 118 cm³/mol. The Hall–Kier alpha value is -3.45. The summed E-state index contributed by atoms with van der Waals surface area (Å²) in [5, 5.41) is 2.76. The molecule has 0 atom stereocenters. The lowest BCUT2D eigenvalue weighted by atomic mass is 10.1. The molecule has 1 N–H and O–H groups in total. The Morgan fingerprint density at radius 2 is 1.40 bits per heavy atom. The van der Waals surface area contributed by atoms with E-state index in [1.807, 2.05) is 30.3 Å². The number of hydrogen-bond donors (Lipinski definition) is 1. The van der Waals surface area contributed by atoms with Gasteiger partial charge in [-0.25, -0.2) is 8.42 Å². The molecule has 0 aliphatic rings. The van der Waals surface area contributed by atoms with E-state index in [4.69, 9.17) is 0 Å². The van der Waals surface area contributed by atoms with Crippen LogP contribution in [-0.2, 0) is 16.6 Å². The second kappa shape index (κ2) is 8.92. The van der Waals surface area contributed by atoms with E-state index in [-0.39, 0.29) is 18.2 Å². The number of anilines is 2. The molecule has 6 nitrogen and oxygen atoms in total. The Labute approximate surface area is 176 Å². The van der Waals surface area contributed by atoms with E-state index >= 15 is 0 Å². The van der Waals surface area contributed by atoms with E-state index in [0.717, 1.165) is 11.8 Å². The number of Topliss-reactive ketones (excluding diaryl/α,β-unsaturated/α-hetero) is 1. The molecular formula is C23H22N2O4S. The van der Waals surface area contributed by atoms with Gasteiger partial charge in [-0.05, 0) is 61.0 Å². The van der Waals surface area contributed by atoms with Crippen molar-refractivity contribution in [2.24, 2.45) is 0 Å². The highest BCUT2D eigenvalue weighted by atomic mass is 32.2. The molecule has 7 heteroatoms. The highest BCUT2D eigenvalue weighted by Gasteiger charge is 2.18. The molecule has 0 radical (unpaired) electrons. The quantitative estimate of drug-likeness (QED) is 0.581. The number of nitrogens with zero attached hydrogens (tertiary/aromatic N) is 1. The Morgan fingerprint density at radius 3 is 1.93 bits per heavy atom. The Kier molecular flexibility index (Phi) is 6.32. The third kappa shape index (κ3) is 5.33. The fourth-order valence-corrected chi connectivity index (χ4v) is 3.81. The largest absolute Gasteiger partial charge is 0.322 e. The number of hydrogen-bond acceptors (Lipinski definition) is 4. The van der Waals surface area contributed by atoms with Gasteiger partial charge in [0.15, 0.2) is 5.78 Å². The first-order valence-corrected chi connectivity index (χ1v) is 11.1. The molecule has 0 aliphatic carbocycles. The summed E-state index contributed by atoms with van der Waals surface area (Å²) in [7, 11) is -3.50. The van der Waals surface area contributed by atoms with Crippen molar-refractivity contribution >= 4 is 33.1 Å². The van der Waals surface area contributed by atoms with Crippen molar-refractivity contribution in [1.29, 1.82) is 0 Å². The van der Waals surface area contributed by atoms with Crippen LogP contribution < -0.4 is 9.62 Å². The molecule has 0 spiro atoms. The van der Waals surface area contributed by atoms with Crippen LogP contribution in [0, 0.1) is 0 Å². The van der Waals surface area contributed by atoms with Gasteiger partial charge in [-0.2, -0.15) is 0 Å². The summed E-state index contributed by atoms with van der Waals surface area (Å²) < 4.78 is 25.9. The summed E-state index contributed by atoms with van der Waals surface area (Å²) in [4.78, 5) is 23.8. The molecule has 3 aromatic rings. The van der Waals surface area contributed by atoms with Crippen LogP contribution in [-0.4, -0.2) is 26.4 Å². The van der Waals surface area contributed by atoms with Gasteiger partial charge in [0.1, 0.15) is 0 Å². The van der Waals surface area contributed by atoms with Gasteiger partial charge in [0, 0.05) is 16.8 Å². The molecule has 1 amide bonds. The molecule has 0 aliphatic heterocycles. The SMILES string of the molecule is CC(=O)c1ccc(NC(=O)c2ccc(N(Cc3ccccc3)S(C)(=O)=O)cc2)cc1. The van der Waals surface area contributed by atoms with Crippen molar-refractivity contribution in [3.05, 3.63) is 95.6 Å². The third-order valence-corrected chi connectivity index (χ3v) is 5.68. The van der Waals surface area contributed by atoms with Crippen LogP contribution >= 0.6 is 0 Å². The second-order valence-corrected chi connectivity index (χ2v) is 8.80. The number of amides is 1. The molecule has 0 unspecified atom stereocenters. The van der Waals surface area contributed by atoms with Gasteiger partial charge in [-0.3, -0.25) is 13.9 Å². The van der Waals surface area contributed by atoms with Crippen LogP contribution in [0.15, 0.2) is 78.9 Å². The molecule has 0 saturated heterocycles. The number of carbonyl (C=O) groups is 2. The number of nitrogens with one attached hydrogen (secondary N) is 1. The first kappa shape index (κ1) is 21.3. The topological polar surface area (TPSA) is 83.6 Å². The molecule has 0 heterocycles. The lowest BCUT2D eigenvalue weighted by Crippen LogP contribution is -2.29. The van der Waals surface area contributed by atoms with Crippen molar-refractivity contribution in [1.82, 2.24) is 0 Å². The average Bonchev–Trinajstić information content (AvgIpc) is 2.72. The molecule has 30 heavy (non-hydrogen) atoms. The van der Waals surface area contributed by atoms with Gasteiger partial charge in [-0.1, -0.05) is 30.3 Å². The van der Waals surface area contributed by atoms with Crippen LogP contribution in [0.1, 0.15) is 33.2 Å². The maximum Gasteiger partial charge on any atom is 0.255 e. The summed E-state index contributed by atoms with van der Waals surface area (Å²) in [5.74, 6) is -0.375. The zero-order valence-electron chi connectivity index (χ0n) is 16.7. The van der Waals surface area contributed by atoms with Gasteiger partial charge in [-0.15, -0.1) is 0 Å². The summed E-state index contributed by atoms with van der Waals surface area (Å²) in [6.07, 6.45) is 1.15. The molecule has 0 fully saturated rings. The summed E-state index contributed by atoms with van der Waals surface area (Å²) in [6.45, 7) is 1.68. The average molecular weight is 423 g/mol. The Morgan fingerprint density at radius 1 is 0.833 bits per heavy atom. The molecule has 0 saturated carbocycles. The zero-order chi connectivity index (χ0) is 21.7. The van der Waals surface area contributed by atoms with E-state index in [2.05, 4.69) is 5.32 Å². The standard InChI is InChI=1S/C23H22N2O4S/c1-17(26)19-8-12-21(13-9-19)24-23(27)20-10-14-22(15-11-20)25(30(2,28)29)16-18-6-4-3-5-7-18/h3-15H,16H2,1-2H3,(H,24,27). The Balaban J connectivity index is 1.76. The number of ketones is 1. The minimum atomic E-state index is -3.50. The number of rotatable bonds is 7. The zero-order valence-corrected chi connectivity index (χ0v) is 17.5. The van der Waals surface area contributed by atoms with E-state index in [0.29, 0.717) is 22.5 Å². The smallest absolute Gasteiger partial charge is 0.255 e. The Bertz CT molecular complexity index is 1140. The first-order chi connectivity index (χ1) is 14.2. The van der Waals surface area contributed by atoms with Gasteiger partial charge in [0.05, 0.1) is 18.5 Å².